The molecule has 0 saturated carbocycles. The number of hydrogen-bond donors (Lipinski definition) is 2. The van der Waals surface area contributed by atoms with Gasteiger partial charge in [0.25, 0.3) is 0 Å². The van der Waals surface area contributed by atoms with E-state index in [2.05, 4.69) is 24.1 Å². The van der Waals surface area contributed by atoms with Crippen molar-refractivity contribution in [2.24, 2.45) is 5.92 Å². The van der Waals surface area contributed by atoms with Crippen LogP contribution in [0.4, 0.5) is 4.79 Å². The maximum Gasteiger partial charge on any atom is 0.317 e. The summed E-state index contributed by atoms with van der Waals surface area (Å²) in [5, 5.41) is 12.6. The third-order valence-corrected chi connectivity index (χ3v) is 3.95. The van der Waals surface area contributed by atoms with Crippen LogP contribution in [0.1, 0.15) is 25.8 Å². The molecular formula is C19H33N3O2. The largest absolute Gasteiger partial charge is 0.394 e. The van der Waals surface area contributed by atoms with Crippen molar-refractivity contribution in [1.82, 2.24) is 15.1 Å². The molecule has 0 heterocycles. The first kappa shape index (κ1) is 20.5. The van der Waals surface area contributed by atoms with E-state index in [9.17, 15) is 9.90 Å². The van der Waals surface area contributed by atoms with Crippen LogP contribution in [0.15, 0.2) is 30.3 Å². The molecule has 2 N–H and O–H groups in total. The topological polar surface area (TPSA) is 55.8 Å². The summed E-state index contributed by atoms with van der Waals surface area (Å²) >= 11 is 0. The molecule has 1 aromatic rings. The summed E-state index contributed by atoms with van der Waals surface area (Å²) < 4.78 is 0. The summed E-state index contributed by atoms with van der Waals surface area (Å²) in [4.78, 5) is 16.5. The highest BCUT2D eigenvalue weighted by Gasteiger charge is 2.18. The lowest BCUT2D eigenvalue weighted by atomic mass is 10.1. The highest BCUT2D eigenvalue weighted by molar-refractivity contribution is 5.74. The average Bonchev–Trinajstić information content (AvgIpc) is 2.54. The van der Waals surface area contributed by atoms with Crippen LogP contribution in [0.25, 0.3) is 0 Å². The molecule has 0 aliphatic rings. The van der Waals surface area contributed by atoms with Crippen molar-refractivity contribution in [3.05, 3.63) is 35.9 Å². The molecule has 0 spiro atoms. The van der Waals surface area contributed by atoms with Gasteiger partial charge in [0.05, 0.1) is 12.6 Å². The average molecular weight is 335 g/mol. The third kappa shape index (κ3) is 8.31. The number of aliphatic hydroxyl groups excluding tert-OH is 1. The van der Waals surface area contributed by atoms with E-state index < -0.39 is 0 Å². The van der Waals surface area contributed by atoms with Gasteiger partial charge in [0.1, 0.15) is 0 Å². The zero-order chi connectivity index (χ0) is 17.9. The van der Waals surface area contributed by atoms with Gasteiger partial charge >= 0.3 is 6.03 Å². The van der Waals surface area contributed by atoms with Gasteiger partial charge in [0.15, 0.2) is 0 Å². The summed E-state index contributed by atoms with van der Waals surface area (Å²) in [7, 11) is 4.01. The molecule has 0 aromatic heterocycles. The standard InChI is InChI=1S/C19H33N3O2/c1-16(2)10-11-22(13-12-21(3)4)19(24)20-18(15-23)14-17-8-6-5-7-9-17/h5-9,16,18,23H,10-15H2,1-4H3,(H,20,24). The Balaban J connectivity index is 2.61. The van der Waals surface area contributed by atoms with Gasteiger partial charge in [-0.2, -0.15) is 0 Å². The molecule has 5 nitrogen and oxygen atoms in total. The van der Waals surface area contributed by atoms with Gasteiger partial charge < -0.3 is 20.2 Å². The van der Waals surface area contributed by atoms with Crippen LogP contribution in [-0.2, 0) is 6.42 Å². The number of benzene rings is 1. The van der Waals surface area contributed by atoms with Gasteiger partial charge in [-0.25, -0.2) is 4.79 Å². The summed E-state index contributed by atoms with van der Waals surface area (Å²) in [6.45, 7) is 6.51. The van der Waals surface area contributed by atoms with E-state index in [4.69, 9.17) is 0 Å². The minimum atomic E-state index is -0.263. The molecule has 136 valence electrons. The first-order valence-corrected chi connectivity index (χ1v) is 8.77. The molecule has 1 aromatic carbocycles. The summed E-state index contributed by atoms with van der Waals surface area (Å²) in [6, 6.07) is 9.57. The number of amides is 2. The van der Waals surface area contributed by atoms with Gasteiger partial charge in [-0.3, -0.25) is 0 Å². The van der Waals surface area contributed by atoms with E-state index in [1.165, 1.54) is 0 Å². The van der Waals surface area contributed by atoms with Crippen molar-refractivity contribution < 1.29 is 9.90 Å². The highest BCUT2D eigenvalue weighted by Crippen LogP contribution is 2.06. The molecule has 0 aliphatic heterocycles. The second-order valence-electron chi connectivity index (χ2n) is 6.99. The molecular weight excluding hydrogens is 302 g/mol. The van der Waals surface area contributed by atoms with Crippen molar-refractivity contribution in [1.29, 1.82) is 0 Å². The first-order valence-electron chi connectivity index (χ1n) is 8.77. The summed E-state index contributed by atoms with van der Waals surface area (Å²) in [5.41, 5.74) is 1.11. The molecule has 5 heteroatoms. The maximum atomic E-state index is 12.6. The quantitative estimate of drug-likeness (QED) is 0.689. The zero-order valence-electron chi connectivity index (χ0n) is 15.5. The Kier molecular flexibility index (Phi) is 9.42. The Morgan fingerprint density at radius 3 is 2.33 bits per heavy atom. The van der Waals surface area contributed by atoms with Crippen LogP contribution in [0.2, 0.25) is 0 Å². The monoisotopic (exact) mass is 335 g/mol. The SMILES string of the molecule is CC(C)CCN(CCN(C)C)C(=O)NC(CO)Cc1ccccc1. The molecule has 0 bridgehead atoms. The van der Waals surface area contributed by atoms with Crippen LogP contribution in [0, 0.1) is 5.92 Å². The number of hydrogen-bond acceptors (Lipinski definition) is 3. The van der Waals surface area contributed by atoms with E-state index in [0.29, 0.717) is 18.9 Å². The number of carbonyl (C=O) groups is 1. The first-order chi connectivity index (χ1) is 11.4. The van der Waals surface area contributed by atoms with Crippen molar-refractivity contribution in [3.8, 4) is 0 Å². The fourth-order valence-corrected chi connectivity index (χ4v) is 2.38. The number of nitrogens with zero attached hydrogens (tertiary/aromatic N) is 2. The Morgan fingerprint density at radius 1 is 1.12 bits per heavy atom. The van der Waals surface area contributed by atoms with Crippen molar-refractivity contribution in [3.63, 3.8) is 0 Å². The number of carbonyl (C=O) groups excluding carboxylic acids is 1. The summed E-state index contributed by atoms with van der Waals surface area (Å²) in [6.07, 6.45) is 1.61. The van der Waals surface area contributed by atoms with E-state index in [-0.39, 0.29) is 18.7 Å². The second-order valence-corrected chi connectivity index (χ2v) is 6.99. The van der Waals surface area contributed by atoms with E-state index >= 15 is 0 Å². The number of rotatable bonds is 10. The molecule has 0 saturated heterocycles. The van der Waals surface area contributed by atoms with Gasteiger partial charge in [0.2, 0.25) is 0 Å². The normalized spacial score (nSPS) is 12.5. The van der Waals surface area contributed by atoms with Gasteiger partial charge in [-0.05, 0) is 38.4 Å². The lowest BCUT2D eigenvalue weighted by molar-refractivity contribution is 0.174. The molecule has 1 atom stereocenters. The predicted molar refractivity (Wildman–Crippen MR) is 99.1 cm³/mol. The van der Waals surface area contributed by atoms with Gasteiger partial charge in [-0.1, -0.05) is 44.2 Å². The fraction of sp³-hybridized carbons (Fsp3) is 0.632. The van der Waals surface area contributed by atoms with Crippen molar-refractivity contribution in [2.45, 2.75) is 32.7 Å². The molecule has 0 radical (unpaired) electrons. The Morgan fingerprint density at radius 2 is 1.79 bits per heavy atom. The van der Waals surface area contributed by atoms with Crippen LogP contribution >= 0.6 is 0 Å². The van der Waals surface area contributed by atoms with Gasteiger partial charge in [0, 0.05) is 19.6 Å². The Hall–Kier alpha value is -1.59. The van der Waals surface area contributed by atoms with Crippen LogP contribution in [-0.4, -0.2) is 67.3 Å². The third-order valence-electron chi connectivity index (χ3n) is 3.95. The van der Waals surface area contributed by atoms with E-state index in [1.54, 1.807) is 0 Å². The molecule has 1 unspecified atom stereocenters. The number of urea groups is 1. The maximum absolute atomic E-state index is 12.6. The van der Waals surface area contributed by atoms with Crippen LogP contribution < -0.4 is 5.32 Å². The molecule has 2 amide bonds. The lowest BCUT2D eigenvalue weighted by Gasteiger charge is -2.27. The fourth-order valence-electron chi connectivity index (χ4n) is 2.38. The van der Waals surface area contributed by atoms with Gasteiger partial charge in [-0.15, -0.1) is 0 Å². The summed E-state index contributed by atoms with van der Waals surface area (Å²) in [5.74, 6) is 0.553. The molecule has 0 fully saturated rings. The van der Waals surface area contributed by atoms with Crippen molar-refractivity contribution in [2.75, 3.05) is 40.3 Å². The minimum Gasteiger partial charge on any atom is -0.394 e. The Labute approximate surface area is 146 Å². The Bertz CT molecular complexity index is 451. The van der Waals surface area contributed by atoms with E-state index in [1.807, 2.05) is 49.3 Å². The highest BCUT2D eigenvalue weighted by atomic mass is 16.3. The van der Waals surface area contributed by atoms with Crippen LogP contribution in [0.3, 0.4) is 0 Å². The van der Waals surface area contributed by atoms with E-state index in [0.717, 1.165) is 25.1 Å². The lowest BCUT2D eigenvalue weighted by Crippen LogP contribution is -2.49. The van der Waals surface area contributed by atoms with Crippen molar-refractivity contribution >= 4 is 6.03 Å². The minimum absolute atomic E-state index is 0.0632. The predicted octanol–water partition coefficient (Wildman–Crippen LogP) is 2.21. The second kappa shape index (κ2) is 11.0. The molecule has 24 heavy (non-hydrogen) atoms. The zero-order valence-corrected chi connectivity index (χ0v) is 15.5. The van der Waals surface area contributed by atoms with Crippen LogP contribution in [0.5, 0.6) is 0 Å². The number of nitrogens with one attached hydrogen (secondary N) is 1. The molecule has 1 rings (SSSR count). The number of likely N-dealkylation sites (N-methyl/N-ethyl adjacent to an activating group) is 1. The molecule has 0 aliphatic carbocycles. The number of aliphatic hydroxyl groups is 1. The smallest absolute Gasteiger partial charge is 0.317 e.